The Morgan fingerprint density at radius 1 is 1.45 bits per heavy atom. The molecule has 0 saturated carbocycles. The summed E-state index contributed by atoms with van der Waals surface area (Å²) >= 11 is 1.51. The van der Waals surface area contributed by atoms with E-state index < -0.39 is 11.6 Å². The lowest BCUT2D eigenvalue weighted by molar-refractivity contribution is -0.163. The van der Waals surface area contributed by atoms with E-state index in [1.807, 2.05) is 11.4 Å². The summed E-state index contributed by atoms with van der Waals surface area (Å²) in [7, 11) is 0. The van der Waals surface area contributed by atoms with Gasteiger partial charge in [-0.05, 0) is 30.4 Å². The van der Waals surface area contributed by atoms with Crippen LogP contribution in [0.1, 0.15) is 23.3 Å². The van der Waals surface area contributed by atoms with Gasteiger partial charge in [-0.1, -0.05) is 0 Å². The lowest BCUT2D eigenvalue weighted by Gasteiger charge is -2.36. The highest BCUT2D eigenvalue weighted by molar-refractivity contribution is 7.16. The molecule has 1 fully saturated rings. The van der Waals surface area contributed by atoms with Gasteiger partial charge in [0.05, 0.1) is 6.54 Å². The quantitative estimate of drug-likeness (QED) is 0.778. The molecule has 1 saturated heterocycles. The third kappa shape index (κ3) is 2.08. The first-order valence-electron chi connectivity index (χ1n) is 6.31. The zero-order valence-electron chi connectivity index (χ0n) is 10.6. The molecule has 1 amide bonds. The van der Waals surface area contributed by atoms with E-state index in [4.69, 9.17) is 5.11 Å². The first-order chi connectivity index (χ1) is 9.49. The summed E-state index contributed by atoms with van der Waals surface area (Å²) in [5.74, 6) is -1.55. The van der Waals surface area contributed by atoms with Crippen LogP contribution < -0.4 is 0 Å². The standard InChI is InChI=1S/C13H14N2O4S/c16-11(9-6-8-2-5-20-10(8)14-9)15-4-1-3-13(19,7-15)12(17)18/h2,5-6,14,19H,1,3-4,7H2,(H,17,18). The molecule has 0 radical (unpaired) electrons. The van der Waals surface area contributed by atoms with Crippen LogP contribution >= 0.6 is 11.3 Å². The van der Waals surface area contributed by atoms with Gasteiger partial charge in [-0.3, -0.25) is 4.79 Å². The number of carboxylic acids is 1. The van der Waals surface area contributed by atoms with Gasteiger partial charge < -0.3 is 20.1 Å². The Labute approximate surface area is 118 Å². The summed E-state index contributed by atoms with van der Waals surface area (Å²) in [6.45, 7) is 0.287. The summed E-state index contributed by atoms with van der Waals surface area (Å²) in [6, 6.07) is 3.67. The van der Waals surface area contributed by atoms with Gasteiger partial charge in [-0.25, -0.2) is 4.79 Å². The second-order valence-electron chi connectivity index (χ2n) is 5.06. The van der Waals surface area contributed by atoms with Crippen molar-refractivity contribution in [3.05, 3.63) is 23.2 Å². The molecule has 0 spiro atoms. The molecule has 2 aromatic heterocycles. The van der Waals surface area contributed by atoms with E-state index in [1.165, 1.54) is 16.2 Å². The molecule has 1 atom stereocenters. The molecule has 2 aromatic rings. The molecular weight excluding hydrogens is 280 g/mol. The van der Waals surface area contributed by atoms with Crippen LogP contribution in [-0.4, -0.2) is 50.7 Å². The maximum Gasteiger partial charge on any atom is 0.337 e. The highest BCUT2D eigenvalue weighted by Gasteiger charge is 2.42. The number of H-pyrrole nitrogens is 1. The Kier molecular flexibility index (Phi) is 3.02. The number of carbonyl (C=O) groups is 2. The largest absolute Gasteiger partial charge is 0.479 e. The SMILES string of the molecule is O=C(c1cc2ccsc2[nH]1)N1CCCC(O)(C(=O)O)C1. The van der Waals surface area contributed by atoms with Crippen LogP contribution in [0, 0.1) is 0 Å². The molecule has 7 heteroatoms. The van der Waals surface area contributed by atoms with E-state index in [2.05, 4.69) is 4.98 Å². The van der Waals surface area contributed by atoms with E-state index in [-0.39, 0.29) is 18.9 Å². The molecule has 1 aliphatic rings. The number of nitrogens with one attached hydrogen (secondary N) is 1. The van der Waals surface area contributed by atoms with Crippen LogP contribution in [0.2, 0.25) is 0 Å². The number of carboxylic acid groups (broad SMARTS) is 1. The van der Waals surface area contributed by atoms with Crippen molar-refractivity contribution in [1.29, 1.82) is 0 Å². The van der Waals surface area contributed by atoms with Crippen molar-refractivity contribution in [1.82, 2.24) is 9.88 Å². The summed E-state index contributed by atoms with van der Waals surface area (Å²) in [5, 5.41) is 22.0. The van der Waals surface area contributed by atoms with Crippen LogP contribution in [0.5, 0.6) is 0 Å². The number of aliphatic carboxylic acids is 1. The normalized spacial score (nSPS) is 23.1. The number of nitrogens with zero attached hydrogens (tertiary/aromatic N) is 1. The molecule has 3 rings (SSSR count). The van der Waals surface area contributed by atoms with Crippen LogP contribution in [0.4, 0.5) is 0 Å². The lowest BCUT2D eigenvalue weighted by atomic mass is 9.93. The third-order valence-electron chi connectivity index (χ3n) is 3.63. The molecule has 0 aromatic carbocycles. The lowest BCUT2D eigenvalue weighted by Crippen LogP contribution is -2.54. The number of likely N-dealkylation sites (tertiary alicyclic amines) is 1. The van der Waals surface area contributed by atoms with Gasteiger partial charge in [0.25, 0.3) is 5.91 Å². The van der Waals surface area contributed by atoms with E-state index in [0.717, 1.165) is 10.2 Å². The van der Waals surface area contributed by atoms with Crippen LogP contribution in [0.3, 0.4) is 0 Å². The van der Waals surface area contributed by atoms with Gasteiger partial charge in [0.1, 0.15) is 10.5 Å². The fourth-order valence-corrected chi connectivity index (χ4v) is 3.30. The number of thiophene rings is 1. The van der Waals surface area contributed by atoms with Crippen molar-refractivity contribution in [3.63, 3.8) is 0 Å². The second-order valence-corrected chi connectivity index (χ2v) is 5.97. The van der Waals surface area contributed by atoms with Gasteiger partial charge in [-0.15, -0.1) is 11.3 Å². The maximum atomic E-state index is 12.4. The average molecular weight is 294 g/mol. The Hall–Kier alpha value is -1.86. The third-order valence-corrected chi connectivity index (χ3v) is 4.48. The number of carbonyl (C=O) groups excluding carboxylic acids is 1. The smallest absolute Gasteiger partial charge is 0.337 e. The summed E-state index contributed by atoms with van der Waals surface area (Å²) in [6.07, 6.45) is 0.648. The Morgan fingerprint density at radius 2 is 2.25 bits per heavy atom. The first-order valence-corrected chi connectivity index (χ1v) is 7.19. The number of β-amino-alcohol motifs (C(OH)–C–C–N with tert-alkyl or cyclic N) is 1. The van der Waals surface area contributed by atoms with Crippen molar-refractivity contribution in [2.45, 2.75) is 18.4 Å². The van der Waals surface area contributed by atoms with Crippen LogP contribution in [0.15, 0.2) is 17.5 Å². The van der Waals surface area contributed by atoms with Crippen molar-refractivity contribution < 1.29 is 19.8 Å². The Balaban J connectivity index is 1.83. The molecule has 1 aliphatic heterocycles. The molecule has 3 heterocycles. The van der Waals surface area contributed by atoms with Gasteiger partial charge in [0, 0.05) is 11.9 Å². The van der Waals surface area contributed by atoms with Crippen molar-refractivity contribution >= 4 is 33.4 Å². The highest BCUT2D eigenvalue weighted by atomic mass is 32.1. The molecular formula is C13H14N2O4S. The summed E-state index contributed by atoms with van der Waals surface area (Å²) in [5.41, 5.74) is -1.40. The number of amides is 1. The predicted octanol–water partition coefficient (Wildman–Crippen LogP) is 1.28. The molecule has 0 aliphatic carbocycles. The molecule has 1 unspecified atom stereocenters. The molecule has 20 heavy (non-hydrogen) atoms. The van der Waals surface area contributed by atoms with E-state index >= 15 is 0 Å². The molecule has 106 valence electrons. The van der Waals surface area contributed by atoms with Crippen LogP contribution in [-0.2, 0) is 4.79 Å². The first kappa shape index (κ1) is 13.1. The summed E-state index contributed by atoms with van der Waals surface area (Å²) in [4.78, 5) is 28.8. The number of hydrogen-bond donors (Lipinski definition) is 3. The predicted molar refractivity (Wildman–Crippen MR) is 73.9 cm³/mol. The minimum absolute atomic E-state index is 0.173. The zero-order chi connectivity index (χ0) is 14.3. The van der Waals surface area contributed by atoms with Crippen molar-refractivity contribution in [2.75, 3.05) is 13.1 Å². The monoisotopic (exact) mass is 294 g/mol. The van der Waals surface area contributed by atoms with Crippen molar-refractivity contribution in [3.8, 4) is 0 Å². The number of aromatic nitrogens is 1. The molecule has 3 N–H and O–H groups in total. The number of hydrogen-bond acceptors (Lipinski definition) is 4. The number of piperidine rings is 1. The average Bonchev–Trinajstić information content (AvgIpc) is 2.98. The zero-order valence-corrected chi connectivity index (χ0v) is 11.4. The topological polar surface area (TPSA) is 93.6 Å². The second kappa shape index (κ2) is 4.60. The van der Waals surface area contributed by atoms with Gasteiger partial charge in [0.2, 0.25) is 0 Å². The van der Waals surface area contributed by atoms with Gasteiger partial charge in [-0.2, -0.15) is 0 Å². The minimum atomic E-state index is -1.84. The number of rotatable bonds is 2. The summed E-state index contributed by atoms with van der Waals surface area (Å²) < 4.78 is 0. The Bertz CT molecular complexity index is 648. The molecule has 6 nitrogen and oxygen atoms in total. The fraction of sp³-hybridized carbons (Fsp3) is 0.385. The van der Waals surface area contributed by atoms with Gasteiger partial charge >= 0.3 is 5.97 Å². The molecule has 0 bridgehead atoms. The number of fused-ring (bicyclic) bond motifs is 1. The van der Waals surface area contributed by atoms with Gasteiger partial charge in [0.15, 0.2) is 5.60 Å². The minimum Gasteiger partial charge on any atom is -0.479 e. The van der Waals surface area contributed by atoms with Crippen molar-refractivity contribution in [2.24, 2.45) is 0 Å². The van der Waals surface area contributed by atoms with E-state index in [1.54, 1.807) is 6.07 Å². The van der Waals surface area contributed by atoms with E-state index in [0.29, 0.717) is 18.7 Å². The van der Waals surface area contributed by atoms with Crippen LogP contribution in [0.25, 0.3) is 10.2 Å². The number of aliphatic hydroxyl groups is 1. The maximum absolute atomic E-state index is 12.4. The van der Waals surface area contributed by atoms with E-state index in [9.17, 15) is 14.7 Å². The fourth-order valence-electron chi connectivity index (χ4n) is 2.52. The Morgan fingerprint density at radius 3 is 2.95 bits per heavy atom. The number of aromatic amines is 1. The highest BCUT2D eigenvalue weighted by Crippen LogP contribution is 2.25.